The average Bonchev–Trinajstić information content (AvgIpc) is 2.86. The summed E-state index contributed by atoms with van der Waals surface area (Å²) in [6, 6.07) is 3.30. The van der Waals surface area contributed by atoms with Gasteiger partial charge in [-0.2, -0.15) is 0 Å². The molecule has 1 unspecified atom stereocenters. The lowest BCUT2D eigenvalue weighted by molar-refractivity contribution is -0.138. The highest BCUT2D eigenvalue weighted by Gasteiger charge is 2.26. The molecule has 2 aromatic rings. The van der Waals surface area contributed by atoms with Crippen molar-refractivity contribution >= 4 is 17.4 Å². The molecule has 3 rings (SSSR count). The monoisotopic (exact) mass is 264 g/mol. The second kappa shape index (κ2) is 4.76. The van der Waals surface area contributed by atoms with Crippen LogP contribution in [0.25, 0.3) is 5.65 Å². The fraction of sp³-hybridized carbons (Fsp3) is 0.500. The van der Waals surface area contributed by atoms with Crippen LogP contribution in [0.2, 0.25) is 0 Å². The lowest BCUT2D eigenvalue weighted by Gasteiger charge is -2.35. The molecule has 1 N–H and O–H groups in total. The van der Waals surface area contributed by atoms with Crippen molar-refractivity contribution in [1.82, 2.24) is 25.3 Å². The maximum Gasteiger partial charge on any atom is 0.305 e. The molecule has 0 bridgehead atoms. The minimum absolute atomic E-state index is 0.00925. The third kappa shape index (κ3) is 2.32. The van der Waals surface area contributed by atoms with Crippen LogP contribution < -0.4 is 4.90 Å². The highest BCUT2D eigenvalue weighted by Crippen LogP contribution is 2.19. The van der Waals surface area contributed by atoms with Gasteiger partial charge in [0.2, 0.25) is 0 Å². The van der Waals surface area contributed by atoms with Crippen LogP contribution >= 0.6 is 0 Å². The fourth-order valence-corrected chi connectivity index (χ4v) is 2.12. The number of carboxylic acid groups (broad SMARTS) is 1. The van der Waals surface area contributed by atoms with Crippen LogP contribution in [0.5, 0.6) is 0 Å². The number of carbonyl (C=O) groups is 1. The van der Waals surface area contributed by atoms with Gasteiger partial charge in [0.15, 0.2) is 11.5 Å². The molecule has 2 aromatic heterocycles. The number of aliphatic carboxylic acids is 1. The number of nitrogens with zero attached hydrogens (tertiary/aromatic N) is 6. The summed E-state index contributed by atoms with van der Waals surface area (Å²) >= 11 is 0. The summed E-state index contributed by atoms with van der Waals surface area (Å²) < 4.78 is 6.65. The Kier molecular flexibility index (Phi) is 2.95. The Hall–Kier alpha value is -2.29. The zero-order valence-electron chi connectivity index (χ0n) is 10.0. The Balaban J connectivity index is 1.90. The SMILES string of the molecule is O=C(O)CC1COCCN1c1ccc2nnnn2n1. The predicted molar refractivity (Wildman–Crippen MR) is 62.8 cm³/mol. The molecule has 0 amide bonds. The quantitative estimate of drug-likeness (QED) is 0.768. The van der Waals surface area contributed by atoms with Crippen LogP contribution in [-0.4, -0.2) is 62.1 Å². The van der Waals surface area contributed by atoms with Gasteiger partial charge in [0.05, 0.1) is 25.7 Å². The second-order valence-electron chi connectivity index (χ2n) is 4.24. The molecule has 0 aliphatic carbocycles. The van der Waals surface area contributed by atoms with E-state index in [2.05, 4.69) is 20.6 Å². The first-order valence-corrected chi connectivity index (χ1v) is 5.85. The van der Waals surface area contributed by atoms with Crippen LogP contribution in [0.3, 0.4) is 0 Å². The molecule has 1 saturated heterocycles. The van der Waals surface area contributed by atoms with E-state index in [9.17, 15) is 4.79 Å². The molecule has 1 aliphatic rings. The summed E-state index contributed by atoms with van der Waals surface area (Å²) in [4.78, 5) is 12.8. The van der Waals surface area contributed by atoms with Gasteiger partial charge in [-0.25, -0.2) is 0 Å². The van der Waals surface area contributed by atoms with Crippen molar-refractivity contribution in [3.05, 3.63) is 12.1 Å². The van der Waals surface area contributed by atoms with Gasteiger partial charge in [0, 0.05) is 6.54 Å². The van der Waals surface area contributed by atoms with Crippen LogP contribution in [0.1, 0.15) is 6.42 Å². The number of aromatic nitrogens is 5. The van der Waals surface area contributed by atoms with E-state index in [0.29, 0.717) is 31.2 Å². The summed E-state index contributed by atoms with van der Waals surface area (Å²) in [5.74, 6) is -0.210. The van der Waals surface area contributed by atoms with Crippen LogP contribution in [0.15, 0.2) is 12.1 Å². The lowest BCUT2D eigenvalue weighted by atomic mass is 10.1. The Labute approximate surface area is 107 Å². The Bertz CT molecular complexity index is 600. The van der Waals surface area contributed by atoms with Gasteiger partial charge in [0.25, 0.3) is 0 Å². The second-order valence-corrected chi connectivity index (χ2v) is 4.24. The van der Waals surface area contributed by atoms with E-state index in [0.717, 1.165) is 0 Å². The van der Waals surface area contributed by atoms with Crippen LogP contribution in [-0.2, 0) is 9.53 Å². The summed E-state index contributed by atoms with van der Waals surface area (Å²) in [7, 11) is 0. The van der Waals surface area contributed by atoms with Gasteiger partial charge >= 0.3 is 5.97 Å². The van der Waals surface area contributed by atoms with Gasteiger partial charge in [0.1, 0.15) is 0 Å². The smallest absolute Gasteiger partial charge is 0.305 e. The molecule has 0 radical (unpaired) electrons. The molecular weight excluding hydrogens is 252 g/mol. The summed E-state index contributed by atoms with van der Waals surface area (Å²) in [5, 5.41) is 24.2. The highest BCUT2D eigenvalue weighted by atomic mass is 16.5. The summed E-state index contributed by atoms with van der Waals surface area (Å²) in [6.07, 6.45) is 0.00925. The predicted octanol–water partition coefficient (Wildman–Crippen LogP) is -0.801. The number of hydrogen-bond acceptors (Lipinski definition) is 7. The number of rotatable bonds is 3. The molecule has 0 spiro atoms. The Morgan fingerprint density at radius 1 is 1.53 bits per heavy atom. The minimum Gasteiger partial charge on any atom is -0.481 e. The molecule has 19 heavy (non-hydrogen) atoms. The molecule has 1 fully saturated rings. The van der Waals surface area contributed by atoms with E-state index < -0.39 is 5.97 Å². The lowest BCUT2D eigenvalue weighted by Crippen LogP contribution is -2.47. The summed E-state index contributed by atoms with van der Waals surface area (Å²) in [6.45, 7) is 1.52. The van der Waals surface area contributed by atoms with Gasteiger partial charge in [-0.05, 0) is 22.6 Å². The third-order valence-corrected chi connectivity index (χ3v) is 2.99. The number of hydrogen-bond donors (Lipinski definition) is 1. The molecule has 100 valence electrons. The topological polar surface area (TPSA) is 106 Å². The van der Waals surface area contributed by atoms with E-state index in [-0.39, 0.29) is 12.5 Å². The van der Waals surface area contributed by atoms with Crippen molar-refractivity contribution in [2.75, 3.05) is 24.7 Å². The normalized spacial score (nSPS) is 19.8. The first-order valence-electron chi connectivity index (χ1n) is 5.85. The van der Waals surface area contributed by atoms with Gasteiger partial charge in [-0.3, -0.25) is 4.79 Å². The van der Waals surface area contributed by atoms with Crippen molar-refractivity contribution in [3.63, 3.8) is 0 Å². The molecule has 0 aromatic carbocycles. The average molecular weight is 264 g/mol. The van der Waals surface area contributed by atoms with Crippen molar-refractivity contribution in [2.24, 2.45) is 0 Å². The first-order chi connectivity index (χ1) is 9.24. The van der Waals surface area contributed by atoms with Gasteiger partial charge < -0.3 is 14.7 Å². The maximum atomic E-state index is 10.9. The van der Waals surface area contributed by atoms with E-state index in [4.69, 9.17) is 9.84 Å². The number of fused-ring (bicyclic) bond motifs is 1. The Morgan fingerprint density at radius 3 is 3.26 bits per heavy atom. The number of carboxylic acids is 1. The standard InChI is InChI=1S/C10H12N6O3/c17-10(18)5-7-6-19-4-3-15(7)9-2-1-8-11-13-14-16(8)12-9/h1-2,7H,3-6H2,(H,17,18). The molecule has 3 heterocycles. The third-order valence-electron chi connectivity index (χ3n) is 2.99. The highest BCUT2D eigenvalue weighted by molar-refractivity contribution is 5.68. The maximum absolute atomic E-state index is 10.9. The Morgan fingerprint density at radius 2 is 2.42 bits per heavy atom. The molecule has 1 atom stereocenters. The summed E-state index contributed by atoms with van der Waals surface area (Å²) in [5.41, 5.74) is 0.548. The molecular formula is C10H12N6O3. The first kappa shape index (κ1) is 11.8. The zero-order valence-corrected chi connectivity index (χ0v) is 10.0. The molecule has 9 nitrogen and oxygen atoms in total. The largest absolute Gasteiger partial charge is 0.481 e. The molecule has 9 heteroatoms. The van der Waals surface area contributed by atoms with Crippen molar-refractivity contribution in [2.45, 2.75) is 12.5 Å². The van der Waals surface area contributed by atoms with E-state index in [1.54, 1.807) is 12.1 Å². The van der Waals surface area contributed by atoms with Crippen LogP contribution in [0.4, 0.5) is 5.82 Å². The van der Waals surface area contributed by atoms with E-state index in [1.165, 1.54) is 4.63 Å². The molecule has 1 aliphatic heterocycles. The number of morpholine rings is 1. The number of tetrazole rings is 1. The number of anilines is 1. The van der Waals surface area contributed by atoms with E-state index in [1.807, 2.05) is 4.90 Å². The van der Waals surface area contributed by atoms with Gasteiger partial charge in [-0.15, -0.1) is 14.8 Å². The van der Waals surface area contributed by atoms with Crippen molar-refractivity contribution < 1.29 is 14.6 Å². The number of ether oxygens (including phenoxy) is 1. The minimum atomic E-state index is -0.857. The zero-order chi connectivity index (χ0) is 13.2. The fourth-order valence-electron chi connectivity index (χ4n) is 2.12. The van der Waals surface area contributed by atoms with Gasteiger partial charge in [-0.1, -0.05) is 0 Å². The van der Waals surface area contributed by atoms with Crippen LogP contribution in [0, 0.1) is 0 Å². The molecule has 0 saturated carbocycles. The van der Waals surface area contributed by atoms with Crippen molar-refractivity contribution in [1.29, 1.82) is 0 Å². The van der Waals surface area contributed by atoms with E-state index >= 15 is 0 Å². The van der Waals surface area contributed by atoms with Crippen molar-refractivity contribution in [3.8, 4) is 0 Å².